The monoisotopic (exact) mass is 511 g/mol. The number of anilines is 1. The number of nitrogens with zero attached hydrogens (tertiary/aromatic N) is 2. The van der Waals surface area contributed by atoms with Gasteiger partial charge >= 0.3 is 0 Å². The molecular formula is C24H31ClFN3O4S. The highest BCUT2D eigenvalue weighted by atomic mass is 35.5. The van der Waals surface area contributed by atoms with E-state index < -0.39 is 34.3 Å². The molecule has 7 nitrogen and oxygen atoms in total. The van der Waals surface area contributed by atoms with Gasteiger partial charge < -0.3 is 10.2 Å². The van der Waals surface area contributed by atoms with E-state index in [1.54, 1.807) is 19.1 Å². The largest absolute Gasteiger partial charge is 0.352 e. The summed E-state index contributed by atoms with van der Waals surface area (Å²) in [5.41, 5.74) is 0.848. The van der Waals surface area contributed by atoms with Crippen LogP contribution in [0.1, 0.15) is 39.2 Å². The van der Waals surface area contributed by atoms with Crippen LogP contribution in [0.2, 0.25) is 5.02 Å². The van der Waals surface area contributed by atoms with Crippen LogP contribution in [0.5, 0.6) is 0 Å². The topological polar surface area (TPSA) is 86.8 Å². The van der Waals surface area contributed by atoms with E-state index in [2.05, 4.69) is 5.32 Å². The Balaban J connectivity index is 2.43. The number of amides is 2. The first-order valence-electron chi connectivity index (χ1n) is 11.0. The van der Waals surface area contributed by atoms with Crippen molar-refractivity contribution in [3.05, 3.63) is 64.9 Å². The summed E-state index contributed by atoms with van der Waals surface area (Å²) in [4.78, 5) is 27.9. The maximum absolute atomic E-state index is 13.5. The predicted octanol–water partition coefficient (Wildman–Crippen LogP) is 3.97. The molecule has 2 unspecified atom stereocenters. The second-order valence-electron chi connectivity index (χ2n) is 8.14. The molecule has 0 aliphatic carbocycles. The van der Waals surface area contributed by atoms with Gasteiger partial charge in [0.25, 0.3) is 0 Å². The van der Waals surface area contributed by atoms with Crippen molar-refractivity contribution < 1.29 is 22.4 Å². The van der Waals surface area contributed by atoms with Gasteiger partial charge in [0.1, 0.15) is 18.4 Å². The summed E-state index contributed by atoms with van der Waals surface area (Å²) in [6.07, 6.45) is 2.02. The van der Waals surface area contributed by atoms with Crippen LogP contribution >= 0.6 is 11.6 Å². The molecule has 0 heterocycles. The summed E-state index contributed by atoms with van der Waals surface area (Å²) >= 11 is 6.03. The van der Waals surface area contributed by atoms with Crippen molar-refractivity contribution in [2.45, 2.75) is 52.2 Å². The second kappa shape index (κ2) is 12.2. The summed E-state index contributed by atoms with van der Waals surface area (Å²) in [6, 6.07) is 10.8. The first-order valence-corrected chi connectivity index (χ1v) is 13.3. The van der Waals surface area contributed by atoms with Crippen LogP contribution in [0.15, 0.2) is 48.5 Å². The Kier molecular flexibility index (Phi) is 9.88. The number of carbonyl (C=O) groups is 2. The number of nitrogens with one attached hydrogen (secondary N) is 1. The predicted molar refractivity (Wildman–Crippen MR) is 133 cm³/mol. The van der Waals surface area contributed by atoms with Crippen LogP contribution in [0.25, 0.3) is 0 Å². The zero-order chi connectivity index (χ0) is 25.5. The Labute approximate surface area is 205 Å². The maximum Gasteiger partial charge on any atom is 0.244 e. The molecule has 1 N–H and O–H groups in total. The zero-order valence-electron chi connectivity index (χ0n) is 19.8. The normalized spacial score (nSPS) is 13.1. The van der Waals surface area contributed by atoms with Crippen molar-refractivity contribution in [3.8, 4) is 0 Å². The summed E-state index contributed by atoms with van der Waals surface area (Å²) in [7, 11) is -3.84. The highest BCUT2D eigenvalue weighted by molar-refractivity contribution is 7.92. The van der Waals surface area contributed by atoms with Crippen LogP contribution in [0, 0.1) is 5.82 Å². The molecule has 2 aromatic carbocycles. The maximum atomic E-state index is 13.5. The van der Waals surface area contributed by atoms with Gasteiger partial charge in [-0.05, 0) is 55.7 Å². The molecule has 0 bridgehead atoms. The quantitative estimate of drug-likeness (QED) is 0.494. The third-order valence-electron chi connectivity index (χ3n) is 5.43. The van der Waals surface area contributed by atoms with E-state index in [1.807, 2.05) is 13.8 Å². The Morgan fingerprint density at radius 3 is 2.26 bits per heavy atom. The average molecular weight is 512 g/mol. The molecule has 0 spiro atoms. The molecular weight excluding hydrogens is 481 g/mol. The van der Waals surface area contributed by atoms with E-state index in [1.165, 1.54) is 41.3 Å². The van der Waals surface area contributed by atoms with Crippen LogP contribution in [-0.2, 0) is 26.2 Å². The summed E-state index contributed by atoms with van der Waals surface area (Å²) < 4.78 is 39.5. The summed E-state index contributed by atoms with van der Waals surface area (Å²) in [5, 5.41) is 3.21. The minimum absolute atomic E-state index is 0.0126. The molecule has 2 amide bonds. The van der Waals surface area contributed by atoms with Crippen molar-refractivity contribution in [1.82, 2.24) is 10.2 Å². The Morgan fingerprint density at radius 1 is 1.09 bits per heavy atom. The highest BCUT2D eigenvalue weighted by Crippen LogP contribution is 2.23. The molecule has 34 heavy (non-hydrogen) atoms. The lowest BCUT2D eigenvalue weighted by atomic mass is 10.1. The first-order chi connectivity index (χ1) is 16.0. The van der Waals surface area contributed by atoms with Gasteiger partial charge in [-0.2, -0.15) is 0 Å². The summed E-state index contributed by atoms with van der Waals surface area (Å²) in [6.45, 7) is 5.06. The number of hydrogen-bond donors (Lipinski definition) is 1. The molecule has 0 aliphatic rings. The second-order valence-corrected chi connectivity index (χ2v) is 10.5. The molecule has 10 heteroatoms. The Hall–Kier alpha value is -2.65. The van der Waals surface area contributed by atoms with Gasteiger partial charge in [0.05, 0.1) is 11.9 Å². The lowest BCUT2D eigenvalue weighted by Crippen LogP contribution is -2.53. The number of carbonyl (C=O) groups excluding carboxylic acids is 2. The van der Waals surface area contributed by atoms with E-state index in [9.17, 15) is 22.4 Å². The Bertz CT molecular complexity index is 1100. The fourth-order valence-electron chi connectivity index (χ4n) is 3.39. The standard InChI is InChI=1S/C24H31ClFN3O4S/c1-5-17(3)27-24(31)22(6-2)28(15-18-10-12-20(26)13-11-18)23(30)16-29(34(4,32)33)21-9-7-8-19(25)14-21/h7-14,17,22H,5-6,15-16H2,1-4H3,(H,27,31). The molecule has 0 fully saturated rings. The van der Waals surface area contributed by atoms with Crippen molar-refractivity contribution in [1.29, 1.82) is 0 Å². The van der Waals surface area contributed by atoms with Gasteiger partial charge in [-0.3, -0.25) is 13.9 Å². The molecule has 0 aliphatic heterocycles. The minimum atomic E-state index is -3.84. The molecule has 2 atom stereocenters. The van der Waals surface area contributed by atoms with Gasteiger partial charge in [-0.1, -0.05) is 43.6 Å². The van der Waals surface area contributed by atoms with Crippen LogP contribution < -0.4 is 9.62 Å². The van der Waals surface area contributed by atoms with Gasteiger partial charge in [0.2, 0.25) is 21.8 Å². The van der Waals surface area contributed by atoms with Crippen LogP contribution in [0.3, 0.4) is 0 Å². The average Bonchev–Trinajstić information content (AvgIpc) is 2.77. The van der Waals surface area contributed by atoms with Crippen LogP contribution in [0.4, 0.5) is 10.1 Å². The fraction of sp³-hybridized carbons (Fsp3) is 0.417. The number of rotatable bonds is 11. The molecule has 186 valence electrons. The van der Waals surface area contributed by atoms with Crippen molar-refractivity contribution in [2.24, 2.45) is 0 Å². The van der Waals surface area contributed by atoms with Crippen LogP contribution in [-0.4, -0.2) is 50.0 Å². The summed E-state index contributed by atoms with van der Waals surface area (Å²) in [5.74, 6) is -1.32. The van der Waals surface area contributed by atoms with Crippen molar-refractivity contribution >= 4 is 39.1 Å². The lowest BCUT2D eigenvalue weighted by molar-refractivity contribution is -0.140. The third-order valence-corrected chi connectivity index (χ3v) is 6.80. The van der Waals surface area contributed by atoms with E-state index in [-0.39, 0.29) is 24.2 Å². The minimum Gasteiger partial charge on any atom is -0.352 e. The Morgan fingerprint density at radius 2 is 1.74 bits per heavy atom. The number of benzene rings is 2. The molecule has 0 radical (unpaired) electrons. The molecule has 0 aromatic heterocycles. The molecule has 0 saturated heterocycles. The molecule has 0 saturated carbocycles. The van der Waals surface area contributed by atoms with Crippen molar-refractivity contribution in [2.75, 3.05) is 17.1 Å². The fourth-order valence-corrected chi connectivity index (χ4v) is 4.42. The first kappa shape index (κ1) is 27.6. The van der Waals surface area contributed by atoms with Crippen molar-refractivity contribution in [3.63, 3.8) is 0 Å². The lowest BCUT2D eigenvalue weighted by Gasteiger charge is -2.33. The molecule has 2 aromatic rings. The van der Waals surface area contributed by atoms with Gasteiger partial charge in [-0.25, -0.2) is 12.8 Å². The van der Waals surface area contributed by atoms with E-state index in [4.69, 9.17) is 11.6 Å². The smallest absolute Gasteiger partial charge is 0.244 e. The zero-order valence-corrected chi connectivity index (χ0v) is 21.4. The SMILES string of the molecule is CCC(C)NC(=O)C(CC)N(Cc1ccc(F)cc1)C(=O)CN(c1cccc(Cl)c1)S(C)(=O)=O. The highest BCUT2D eigenvalue weighted by Gasteiger charge is 2.32. The number of hydrogen-bond acceptors (Lipinski definition) is 4. The van der Waals surface area contributed by atoms with E-state index in [0.717, 1.165) is 10.6 Å². The molecule has 2 rings (SSSR count). The van der Waals surface area contributed by atoms with E-state index >= 15 is 0 Å². The number of sulfonamides is 1. The van der Waals surface area contributed by atoms with Gasteiger partial charge in [0, 0.05) is 17.6 Å². The van der Waals surface area contributed by atoms with E-state index in [0.29, 0.717) is 23.4 Å². The third kappa shape index (κ3) is 7.70. The van der Waals surface area contributed by atoms with Gasteiger partial charge in [0.15, 0.2) is 0 Å². The number of halogens is 2. The van der Waals surface area contributed by atoms with Gasteiger partial charge in [-0.15, -0.1) is 0 Å².